The minimum absolute atomic E-state index is 0.0171. The van der Waals surface area contributed by atoms with Gasteiger partial charge in [0.15, 0.2) is 5.78 Å². The van der Waals surface area contributed by atoms with Crippen molar-refractivity contribution in [3.8, 4) is 0 Å². The quantitative estimate of drug-likeness (QED) is 0.279. The van der Waals surface area contributed by atoms with Gasteiger partial charge in [0.1, 0.15) is 11.6 Å². The number of hydrogen-bond donors (Lipinski definition) is 2. The van der Waals surface area contributed by atoms with E-state index in [1.165, 1.54) is 30.6 Å². The molecule has 3 rings (SSSR count). The summed E-state index contributed by atoms with van der Waals surface area (Å²) in [6, 6.07) is 7.35. The number of nitrogens with zero attached hydrogens (tertiary/aromatic N) is 1. The Bertz CT molecular complexity index is 1170. The Balaban J connectivity index is 2.10. The predicted octanol–water partition coefficient (Wildman–Crippen LogP) is 5.63. The number of aromatic nitrogens is 1. The molecule has 10 heteroatoms. The summed E-state index contributed by atoms with van der Waals surface area (Å²) in [5.74, 6) is -5.50. The maximum atomic E-state index is 14.5. The van der Waals surface area contributed by atoms with Gasteiger partial charge in [-0.3, -0.25) is 9.78 Å². The van der Waals surface area contributed by atoms with Gasteiger partial charge in [0.2, 0.25) is 0 Å². The summed E-state index contributed by atoms with van der Waals surface area (Å²) >= 11 is 5.71. The number of aliphatic hydroxyl groups is 1. The number of ketones is 1. The maximum absolute atomic E-state index is 14.5. The van der Waals surface area contributed by atoms with E-state index < -0.39 is 52.5 Å². The molecule has 0 saturated carbocycles. The zero-order chi connectivity index (χ0) is 23.6. The number of pyridine rings is 1. The van der Waals surface area contributed by atoms with Crippen LogP contribution in [0.15, 0.2) is 60.9 Å². The summed E-state index contributed by atoms with van der Waals surface area (Å²) < 4.78 is 67.5. The monoisotopic (exact) mass is 468 g/mol. The fourth-order valence-electron chi connectivity index (χ4n) is 3.11. The van der Waals surface area contributed by atoms with Crippen LogP contribution in [0, 0.1) is 23.0 Å². The summed E-state index contributed by atoms with van der Waals surface area (Å²) in [6.07, 6.45) is -4.02. The van der Waals surface area contributed by atoms with Crippen molar-refractivity contribution in [1.29, 1.82) is 5.41 Å². The van der Waals surface area contributed by atoms with E-state index in [1.54, 1.807) is 0 Å². The Labute approximate surface area is 183 Å². The average molecular weight is 469 g/mol. The molecule has 2 aromatic carbocycles. The van der Waals surface area contributed by atoms with E-state index in [0.29, 0.717) is 12.1 Å². The van der Waals surface area contributed by atoms with Gasteiger partial charge >= 0.3 is 6.18 Å². The zero-order valence-electron chi connectivity index (χ0n) is 16.0. The van der Waals surface area contributed by atoms with Crippen LogP contribution >= 0.6 is 11.6 Å². The highest BCUT2D eigenvalue weighted by Gasteiger charge is 2.37. The van der Waals surface area contributed by atoms with Gasteiger partial charge in [-0.25, -0.2) is 8.78 Å². The van der Waals surface area contributed by atoms with Crippen LogP contribution in [-0.2, 0) is 6.18 Å². The lowest BCUT2D eigenvalue weighted by molar-refractivity contribution is -0.137. The molecule has 2 atom stereocenters. The first-order valence-electron chi connectivity index (χ1n) is 9.03. The van der Waals surface area contributed by atoms with Crippen molar-refractivity contribution in [3.63, 3.8) is 0 Å². The van der Waals surface area contributed by atoms with Crippen molar-refractivity contribution in [2.24, 2.45) is 5.92 Å². The van der Waals surface area contributed by atoms with E-state index in [1.807, 2.05) is 0 Å². The van der Waals surface area contributed by atoms with Crippen LogP contribution in [0.5, 0.6) is 0 Å². The van der Waals surface area contributed by atoms with Crippen molar-refractivity contribution in [2.75, 3.05) is 0 Å². The highest BCUT2D eigenvalue weighted by Crippen LogP contribution is 2.33. The maximum Gasteiger partial charge on any atom is 0.416 e. The van der Waals surface area contributed by atoms with Crippen molar-refractivity contribution in [3.05, 3.63) is 99.8 Å². The summed E-state index contributed by atoms with van der Waals surface area (Å²) in [4.78, 5) is 16.9. The lowest BCUT2D eigenvalue weighted by atomic mass is 9.82. The molecule has 2 N–H and O–H groups in total. The SMILES string of the molecule is N=C(c1ccc(Cl)cc1F)C(C(=O)c1ccc(C(F)(F)F)cc1F)C(O)c1cccnc1. The van der Waals surface area contributed by atoms with Gasteiger partial charge in [-0.15, -0.1) is 0 Å². The third kappa shape index (κ3) is 4.84. The molecule has 2 unspecified atom stereocenters. The zero-order valence-corrected chi connectivity index (χ0v) is 16.8. The molecule has 32 heavy (non-hydrogen) atoms. The lowest BCUT2D eigenvalue weighted by Crippen LogP contribution is -2.32. The number of Topliss-reactive ketones (excluding diaryl/α,β-unsaturated/α-hetero) is 1. The fraction of sp³-hybridized carbons (Fsp3) is 0.136. The third-order valence-corrected chi connectivity index (χ3v) is 4.95. The number of alkyl halides is 3. The molecule has 0 aliphatic carbocycles. The highest BCUT2D eigenvalue weighted by molar-refractivity contribution is 6.30. The normalized spacial score (nSPS) is 13.5. The van der Waals surface area contributed by atoms with Gasteiger partial charge in [-0.1, -0.05) is 17.7 Å². The predicted molar refractivity (Wildman–Crippen MR) is 107 cm³/mol. The number of halogens is 6. The molecule has 166 valence electrons. The van der Waals surface area contributed by atoms with Gasteiger partial charge in [-0.2, -0.15) is 13.2 Å². The number of nitrogens with one attached hydrogen (secondary N) is 1. The topological polar surface area (TPSA) is 74.0 Å². The number of benzene rings is 2. The number of rotatable bonds is 6. The molecule has 1 heterocycles. The Morgan fingerprint density at radius 1 is 1.03 bits per heavy atom. The molecule has 4 nitrogen and oxygen atoms in total. The minimum Gasteiger partial charge on any atom is -0.387 e. The van der Waals surface area contributed by atoms with Gasteiger partial charge in [0.25, 0.3) is 0 Å². The van der Waals surface area contributed by atoms with E-state index in [2.05, 4.69) is 4.98 Å². The number of carbonyl (C=O) groups is 1. The number of carbonyl (C=O) groups excluding carboxylic acids is 1. The Kier molecular flexibility index (Phi) is 6.71. The van der Waals surface area contributed by atoms with Crippen LogP contribution in [0.2, 0.25) is 5.02 Å². The van der Waals surface area contributed by atoms with E-state index in [-0.39, 0.29) is 22.2 Å². The number of aliphatic hydroxyl groups excluding tert-OH is 1. The molecular formula is C22H14ClF5N2O2. The highest BCUT2D eigenvalue weighted by atomic mass is 35.5. The standard InChI is InChI=1S/C22H14ClF5N2O2/c23-13-4-6-14(17(25)9-13)19(29)18(20(31)11-2-1-7-30-10-11)21(32)15-5-3-12(8-16(15)24)22(26,27)28/h1-10,18,20,29,31H. The molecule has 0 amide bonds. The Hall–Kier alpha value is -3.17. The first-order valence-corrected chi connectivity index (χ1v) is 9.41. The molecule has 1 aromatic heterocycles. The molecule has 0 radical (unpaired) electrons. The van der Waals surface area contributed by atoms with Crippen LogP contribution in [0.25, 0.3) is 0 Å². The van der Waals surface area contributed by atoms with E-state index in [9.17, 15) is 31.9 Å². The van der Waals surface area contributed by atoms with Crippen LogP contribution in [0.1, 0.15) is 33.2 Å². The number of hydrogen-bond acceptors (Lipinski definition) is 4. The van der Waals surface area contributed by atoms with Gasteiger partial charge < -0.3 is 10.5 Å². The van der Waals surface area contributed by atoms with Gasteiger partial charge in [-0.05, 0) is 48.0 Å². The second-order valence-corrected chi connectivity index (χ2v) is 7.24. The summed E-state index contributed by atoms with van der Waals surface area (Å²) in [5.41, 5.74) is -3.13. The summed E-state index contributed by atoms with van der Waals surface area (Å²) in [6.45, 7) is 0. The average Bonchev–Trinajstić information content (AvgIpc) is 2.73. The molecule has 0 spiro atoms. The first-order chi connectivity index (χ1) is 15.0. The van der Waals surface area contributed by atoms with E-state index >= 15 is 0 Å². The van der Waals surface area contributed by atoms with Crippen LogP contribution in [-0.4, -0.2) is 21.6 Å². The smallest absolute Gasteiger partial charge is 0.387 e. The molecule has 3 aromatic rings. The molecule has 0 bridgehead atoms. The molecule has 0 aliphatic rings. The van der Waals surface area contributed by atoms with Crippen molar-refractivity contribution in [2.45, 2.75) is 12.3 Å². The second kappa shape index (κ2) is 9.13. The molecule has 0 fully saturated rings. The third-order valence-electron chi connectivity index (χ3n) is 4.72. The largest absolute Gasteiger partial charge is 0.416 e. The van der Waals surface area contributed by atoms with Crippen LogP contribution < -0.4 is 0 Å². The van der Waals surface area contributed by atoms with E-state index in [0.717, 1.165) is 12.1 Å². The first kappa shape index (κ1) is 23.5. The minimum atomic E-state index is -4.84. The Morgan fingerprint density at radius 2 is 1.69 bits per heavy atom. The van der Waals surface area contributed by atoms with Crippen molar-refractivity contribution >= 4 is 23.1 Å². The summed E-state index contributed by atoms with van der Waals surface area (Å²) in [7, 11) is 0. The molecular weight excluding hydrogens is 455 g/mol. The van der Waals surface area contributed by atoms with Gasteiger partial charge in [0.05, 0.1) is 28.9 Å². The van der Waals surface area contributed by atoms with Crippen LogP contribution in [0.4, 0.5) is 22.0 Å². The molecule has 0 aliphatic heterocycles. The van der Waals surface area contributed by atoms with E-state index in [4.69, 9.17) is 17.0 Å². The fourth-order valence-corrected chi connectivity index (χ4v) is 3.27. The summed E-state index contributed by atoms with van der Waals surface area (Å²) in [5, 5.41) is 19.2. The van der Waals surface area contributed by atoms with Gasteiger partial charge in [0, 0.05) is 23.0 Å². The van der Waals surface area contributed by atoms with Crippen LogP contribution in [0.3, 0.4) is 0 Å². The molecule has 0 saturated heterocycles. The lowest BCUT2D eigenvalue weighted by Gasteiger charge is -2.24. The van der Waals surface area contributed by atoms with Crippen molar-refractivity contribution in [1.82, 2.24) is 4.98 Å². The second-order valence-electron chi connectivity index (χ2n) is 6.80. The Morgan fingerprint density at radius 3 is 2.25 bits per heavy atom. The van der Waals surface area contributed by atoms with Crippen molar-refractivity contribution < 1.29 is 31.9 Å².